The summed E-state index contributed by atoms with van der Waals surface area (Å²) in [4.78, 5) is 27.4. The number of ether oxygens (including phenoxy) is 1. The van der Waals surface area contributed by atoms with Crippen molar-refractivity contribution in [2.75, 3.05) is 0 Å². The van der Waals surface area contributed by atoms with Crippen molar-refractivity contribution in [3.05, 3.63) is 103 Å². The lowest BCUT2D eigenvalue weighted by Crippen LogP contribution is -2.37. The third-order valence-electron chi connectivity index (χ3n) is 6.13. The number of para-hydroxylation sites is 2. The summed E-state index contributed by atoms with van der Waals surface area (Å²) in [5, 5.41) is 2.36. The van der Waals surface area contributed by atoms with Gasteiger partial charge in [-0.1, -0.05) is 18.2 Å². The van der Waals surface area contributed by atoms with Crippen LogP contribution in [0.4, 0.5) is 4.39 Å². The van der Waals surface area contributed by atoms with Crippen molar-refractivity contribution < 1.29 is 9.13 Å². The number of rotatable bonds is 2. The van der Waals surface area contributed by atoms with Crippen molar-refractivity contribution >= 4 is 22.2 Å². The Morgan fingerprint density at radius 2 is 1.70 bits per heavy atom. The monoisotopic (exact) mass is 459 g/mol. The second-order valence-electron chi connectivity index (χ2n) is 7.99. The van der Waals surface area contributed by atoms with Crippen LogP contribution in [0.1, 0.15) is 16.7 Å². The molecule has 0 unspecified atom stereocenters. The first kappa shape index (κ1) is 19.8. The number of nitrogens with zero attached hydrogens (tertiary/aromatic N) is 3. The number of thiophene rings is 1. The molecule has 4 heterocycles. The molecule has 0 saturated carbocycles. The first-order chi connectivity index (χ1) is 16.0. The number of aromatic nitrogens is 3. The van der Waals surface area contributed by atoms with Gasteiger partial charge in [0, 0.05) is 14.1 Å². The molecule has 1 aliphatic rings. The molecule has 0 N–H and O–H groups in total. The maximum absolute atomic E-state index is 13.8. The summed E-state index contributed by atoms with van der Waals surface area (Å²) >= 11 is 1.54. The number of benzene rings is 2. The molecule has 1 atom stereocenters. The van der Waals surface area contributed by atoms with E-state index in [0.29, 0.717) is 33.6 Å². The van der Waals surface area contributed by atoms with Crippen LogP contribution in [0.2, 0.25) is 0 Å². The molecule has 6 rings (SSSR count). The number of hydrogen-bond donors (Lipinski definition) is 0. The van der Waals surface area contributed by atoms with Crippen LogP contribution in [-0.2, 0) is 14.1 Å². The van der Waals surface area contributed by atoms with Gasteiger partial charge in [-0.3, -0.25) is 13.9 Å². The molecule has 0 bridgehead atoms. The fourth-order valence-corrected chi connectivity index (χ4v) is 5.38. The molecule has 0 saturated heterocycles. The lowest BCUT2D eigenvalue weighted by atomic mass is 10.1. The van der Waals surface area contributed by atoms with Gasteiger partial charge < -0.3 is 9.30 Å². The molecule has 33 heavy (non-hydrogen) atoms. The zero-order chi connectivity index (χ0) is 22.9. The Hall–Kier alpha value is -3.91. The molecule has 5 aromatic rings. The number of halogens is 1. The summed E-state index contributed by atoms with van der Waals surface area (Å²) in [7, 11) is 3.13. The lowest BCUT2D eigenvalue weighted by molar-refractivity contribution is 0.233. The molecular weight excluding hydrogens is 441 g/mol. The van der Waals surface area contributed by atoms with E-state index < -0.39 is 17.4 Å². The van der Waals surface area contributed by atoms with Crippen LogP contribution in [0.25, 0.3) is 27.8 Å². The minimum absolute atomic E-state index is 0.367. The summed E-state index contributed by atoms with van der Waals surface area (Å²) in [6, 6.07) is 17.6. The van der Waals surface area contributed by atoms with Crippen LogP contribution >= 0.6 is 11.3 Å². The van der Waals surface area contributed by atoms with Gasteiger partial charge >= 0.3 is 5.69 Å². The Morgan fingerprint density at radius 3 is 2.42 bits per heavy atom. The van der Waals surface area contributed by atoms with Gasteiger partial charge in [0.05, 0.1) is 32.9 Å². The molecule has 0 aliphatic carbocycles. The Kier molecular flexibility index (Phi) is 4.22. The predicted molar refractivity (Wildman–Crippen MR) is 126 cm³/mol. The summed E-state index contributed by atoms with van der Waals surface area (Å²) in [5.74, 6) is 0.294. The zero-order valence-corrected chi connectivity index (χ0v) is 18.6. The summed E-state index contributed by atoms with van der Waals surface area (Å²) in [5.41, 5.74) is 2.41. The van der Waals surface area contributed by atoms with Crippen LogP contribution < -0.4 is 16.0 Å². The van der Waals surface area contributed by atoms with Crippen molar-refractivity contribution in [3.8, 4) is 22.7 Å². The van der Waals surface area contributed by atoms with E-state index in [0.717, 1.165) is 15.1 Å². The molecular formula is C25H18FN3O3S. The number of fused-ring (bicyclic) bond motifs is 5. The van der Waals surface area contributed by atoms with E-state index in [1.165, 1.54) is 23.7 Å². The number of hydrogen-bond acceptors (Lipinski definition) is 4. The second-order valence-corrected chi connectivity index (χ2v) is 8.97. The first-order valence-electron chi connectivity index (χ1n) is 10.4. The highest BCUT2D eigenvalue weighted by molar-refractivity contribution is 7.10. The van der Waals surface area contributed by atoms with E-state index in [9.17, 15) is 14.0 Å². The van der Waals surface area contributed by atoms with E-state index in [1.807, 2.05) is 46.3 Å². The Balaban J connectivity index is 1.88. The lowest BCUT2D eigenvalue weighted by Gasteiger charge is -2.29. The third-order valence-corrected chi connectivity index (χ3v) is 7.04. The van der Waals surface area contributed by atoms with Crippen molar-refractivity contribution in [2.24, 2.45) is 14.1 Å². The Bertz CT molecular complexity index is 1660. The minimum atomic E-state index is -0.519. The van der Waals surface area contributed by atoms with Gasteiger partial charge in [0.1, 0.15) is 11.6 Å². The third kappa shape index (κ3) is 2.70. The molecule has 6 nitrogen and oxygen atoms in total. The molecule has 0 spiro atoms. The van der Waals surface area contributed by atoms with Crippen LogP contribution in [0.5, 0.6) is 5.75 Å². The van der Waals surface area contributed by atoms with Gasteiger partial charge in [-0.05, 0) is 53.4 Å². The van der Waals surface area contributed by atoms with Crippen LogP contribution in [0.15, 0.2) is 75.6 Å². The average Bonchev–Trinajstić information content (AvgIpc) is 3.48. The van der Waals surface area contributed by atoms with Gasteiger partial charge in [0.25, 0.3) is 5.56 Å². The van der Waals surface area contributed by atoms with Crippen molar-refractivity contribution in [2.45, 2.75) is 6.10 Å². The smallest absolute Gasteiger partial charge is 0.331 e. The fourth-order valence-electron chi connectivity index (χ4n) is 4.63. The fraction of sp³-hybridized carbons (Fsp3) is 0.120. The molecule has 0 fully saturated rings. The molecule has 3 aromatic heterocycles. The van der Waals surface area contributed by atoms with Gasteiger partial charge in [-0.2, -0.15) is 0 Å². The van der Waals surface area contributed by atoms with Gasteiger partial charge in [-0.25, -0.2) is 9.18 Å². The summed E-state index contributed by atoms with van der Waals surface area (Å²) in [6.07, 6.45) is -0.519. The van der Waals surface area contributed by atoms with E-state index in [4.69, 9.17) is 4.74 Å². The van der Waals surface area contributed by atoms with Crippen molar-refractivity contribution in [3.63, 3.8) is 0 Å². The van der Waals surface area contributed by atoms with Crippen molar-refractivity contribution in [1.82, 2.24) is 13.7 Å². The second kappa shape index (κ2) is 7.05. The van der Waals surface area contributed by atoms with Crippen molar-refractivity contribution in [1.29, 1.82) is 0 Å². The quantitative estimate of drug-likeness (QED) is 0.394. The molecule has 164 valence electrons. The van der Waals surface area contributed by atoms with E-state index >= 15 is 0 Å². The topological polar surface area (TPSA) is 58.2 Å². The van der Waals surface area contributed by atoms with Crippen LogP contribution in [0.3, 0.4) is 0 Å². The highest BCUT2D eigenvalue weighted by atomic mass is 32.1. The van der Waals surface area contributed by atoms with E-state index in [-0.39, 0.29) is 5.82 Å². The minimum Gasteiger partial charge on any atom is -0.476 e. The molecule has 8 heteroatoms. The van der Waals surface area contributed by atoms with Crippen LogP contribution in [-0.4, -0.2) is 13.7 Å². The van der Waals surface area contributed by atoms with E-state index in [1.54, 1.807) is 30.5 Å². The Morgan fingerprint density at radius 1 is 0.939 bits per heavy atom. The molecule has 0 radical (unpaired) electrons. The van der Waals surface area contributed by atoms with Gasteiger partial charge in [0.15, 0.2) is 6.10 Å². The highest BCUT2D eigenvalue weighted by Crippen LogP contribution is 2.47. The van der Waals surface area contributed by atoms with E-state index in [2.05, 4.69) is 0 Å². The van der Waals surface area contributed by atoms with Gasteiger partial charge in [0.2, 0.25) is 0 Å². The normalized spacial score (nSPS) is 14.7. The molecule has 0 amide bonds. The maximum atomic E-state index is 13.8. The summed E-state index contributed by atoms with van der Waals surface area (Å²) < 4.78 is 24.8. The first-order valence-corrected chi connectivity index (χ1v) is 11.2. The average molecular weight is 460 g/mol. The SMILES string of the molecule is Cn1c(=O)c2c(-c3ccc(F)cc3)n3c(c2n(C)c1=O)[C@H](c1cccs1)Oc1ccccc1-3. The molecule has 2 aromatic carbocycles. The van der Waals surface area contributed by atoms with Crippen LogP contribution in [0, 0.1) is 5.82 Å². The maximum Gasteiger partial charge on any atom is 0.331 e. The predicted octanol–water partition coefficient (Wildman–Crippen LogP) is 4.38. The molecule has 1 aliphatic heterocycles. The number of aryl methyl sites for hydroxylation is 1. The Labute approximate surface area is 191 Å². The highest BCUT2D eigenvalue weighted by Gasteiger charge is 2.36. The largest absolute Gasteiger partial charge is 0.476 e. The van der Waals surface area contributed by atoms with Gasteiger partial charge in [-0.15, -0.1) is 11.3 Å². The standard InChI is InChI=1S/C25H18FN3O3S/c1-27-21-19(24(30)28(2)25(27)31)20(14-9-11-15(26)12-10-14)29-16-6-3-4-7-17(16)32-23(22(21)29)18-8-5-13-33-18/h3-13,23H,1-2H3/t23-/m0/s1. The summed E-state index contributed by atoms with van der Waals surface area (Å²) in [6.45, 7) is 0. The zero-order valence-electron chi connectivity index (χ0n) is 17.8.